The molecule has 2 rings (SSSR count). The van der Waals surface area contributed by atoms with E-state index in [0.29, 0.717) is 0 Å². The Morgan fingerprint density at radius 3 is 2.82 bits per heavy atom. The number of nitrogens with zero attached hydrogens (tertiary/aromatic N) is 2. The fourth-order valence-corrected chi connectivity index (χ4v) is 2.05. The van der Waals surface area contributed by atoms with Crippen LogP contribution in [0, 0.1) is 0 Å². The first-order chi connectivity index (χ1) is 7.90. The predicted octanol–water partition coefficient (Wildman–Crippen LogP) is 2.33. The average molecular weight is 232 g/mol. The summed E-state index contributed by atoms with van der Waals surface area (Å²) < 4.78 is 1.80. The number of carboxylic acids is 1. The van der Waals surface area contributed by atoms with Crippen molar-refractivity contribution >= 4 is 16.9 Å². The van der Waals surface area contributed by atoms with Crippen LogP contribution in [-0.4, -0.2) is 20.9 Å². The van der Waals surface area contributed by atoms with Gasteiger partial charge in [0.2, 0.25) is 0 Å². The number of carboxylic acid groups (broad SMARTS) is 1. The molecule has 0 unspecified atom stereocenters. The molecule has 2 aromatic rings. The molecule has 0 saturated heterocycles. The van der Waals surface area contributed by atoms with Gasteiger partial charge in [0.25, 0.3) is 0 Å². The van der Waals surface area contributed by atoms with Gasteiger partial charge in [-0.05, 0) is 11.6 Å². The normalized spacial score (nSPS) is 11.9. The van der Waals surface area contributed by atoms with Crippen LogP contribution in [0.2, 0.25) is 0 Å². The average Bonchev–Trinajstić information content (AvgIpc) is 2.58. The van der Waals surface area contributed by atoms with Gasteiger partial charge in [0, 0.05) is 17.8 Å². The zero-order chi connectivity index (χ0) is 12.6. The third-order valence-electron chi connectivity index (χ3n) is 3.12. The van der Waals surface area contributed by atoms with Crippen molar-refractivity contribution in [3.05, 3.63) is 30.0 Å². The van der Waals surface area contributed by atoms with E-state index in [1.54, 1.807) is 4.68 Å². The van der Waals surface area contributed by atoms with Crippen molar-refractivity contribution in [2.24, 2.45) is 7.05 Å². The molecule has 4 heteroatoms. The number of benzene rings is 1. The fourth-order valence-electron chi connectivity index (χ4n) is 2.05. The highest BCUT2D eigenvalue weighted by Crippen LogP contribution is 2.29. The molecular formula is C13H16N2O2. The Morgan fingerprint density at radius 1 is 1.47 bits per heavy atom. The highest BCUT2D eigenvalue weighted by molar-refractivity contribution is 5.80. The molecule has 0 atom stereocenters. The van der Waals surface area contributed by atoms with Gasteiger partial charge in [-0.2, -0.15) is 5.10 Å². The van der Waals surface area contributed by atoms with Crippen LogP contribution in [0.3, 0.4) is 0 Å². The van der Waals surface area contributed by atoms with Crippen molar-refractivity contribution in [3.63, 3.8) is 0 Å². The Bertz CT molecular complexity index is 570. The minimum absolute atomic E-state index is 0.121. The highest BCUT2D eigenvalue weighted by atomic mass is 16.4. The van der Waals surface area contributed by atoms with Gasteiger partial charge in [0.05, 0.1) is 18.1 Å². The predicted molar refractivity (Wildman–Crippen MR) is 66.0 cm³/mol. The summed E-state index contributed by atoms with van der Waals surface area (Å²) in [7, 11) is 1.89. The van der Waals surface area contributed by atoms with Crippen LogP contribution in [0.1, 0.15) is 25.8 Å². The van der Waals surface area contributed by atoms with Crippen LogP contribution in [0.5, 0.6) is 0 Å². The molecule has 0 spiro atoms. The lowest BCUT2D eigenvalue weighted by atomic mass is 9.81. The zero-order valence-electron chi connectivity index (χ0n) is 10.3. The molecule has 0 radical (unpaired) electrons. The highest BCUT2D eigenvalue weighted by Gasteiger charge is 2.24. The second-order valence-corrected chi connectivity index (χ2v) is 5.00. The van der Waals surface area contributed by atoms with E-state index in [0.717, 1.165) is 16.5 Å². The number of fused-ring (bicyclic) bond motifs is 1. The summed E-state index contributed by atoms with van der Waals surface area (Å²) in [4.78, 5) is 10.9. The number of hydrogen-bond donors (Lipinski definition) is 1. The molecule has 0 aliphatic rings. The van der Waals surface area contributed by atoms with E-state index in [4.69, 9.17) is 5.11 Å². The first-order valence-electron chi connectivity index (χ1n) is 5.54. The van der Waals surface area contributed by atoms with E-state index in [2.05, 4.69) is 5.10 Å². The van der Waals surface area contributed by atoms with Crippen LogP contribution in [-0.2, 0) is 17.3 Å². The van der Waals surface area contributed by atoms with Crippen LogP contribution < -0.4 is 0 Å². The van der Waals surface area contributed by atoms with Crippen LogP contribution in [0.15, 0.2) is 24.4 Å². The monoisotopic (exact) mass is 232 g/mol. The summed E-state index contributed by atoms with van der Waals surface area (Å²) in [6.07, 6.45) is 1.93. The second kappa shape index (κ2) is 3.87. The molecule has 0 aliphatic carbocycles. The summed E-state index contributed by atoms with van der Waals surface area (Å²) in [5.74, 6) is -0.778. The Hall–Kier alpha value is -1.84. The summed E-state index contributed by atoms with van der Waals surface area (Å²) in [6, 6.07) is 5.99. The minimum atomic E-state index is -0.778. The Morgan fingerprint density at radius 2 is 2.18 bits per heavy atom. The molecule has 0 saturated carbocycles. The first-order valence-corrected chi connectivity index (χ1v) is 5.54. The van der Waals surface area contributed by atoms with Gasteiger partial charge in [-0.15, -0.1) is 0 Å². The molecular weight excluding hydrogens is 216 g/mol. The lowest BCUT2D eigenvalue weighted by molar-refractivity contribution is -0.138. The van der Waals surface area contributed by atoms with Crippen molar-refractivity contribution in [1.29, 1.82) is 0 Å². The van der Waals surface area contributed by atoms with Crippen molar-refractivity contribution in [2.75, 3.05) is 0 Å². The quantitative estimate of drug-likeness (QED) is 0.883. The lowest BCUT2D eigenvalue weighted by Crippen LogP contribution is -2.21. The van der Waals surface area contributed by atoms with E-state index in [-0.39, 0.29) is 11.8 Å². The smallest absolute Gasteiger partial charge is 0.304 e. The number of aryl methyl sites for hydroxylation is 1. The van der Waals surface area contributed by atoms with Crippen LogP contribution in [0.4, 0.5) is 0 Å². The summed E-state index contributed by atoms with van der Waals surface area (Å²) >= 11 is 0. The van der Waals surface area contributed by atoms with Crippen molar-refractivity contribution in [3.8, 4) is 0 Å². The van der Waals surface area contributed by atoms with Gasteiger partial charge in [0.1, 0.15) is 0 Å². The molecule has 4 nitrogen and oxygen atoms in total. The molecule has 0 fully saturated rings. The number of hydrogen-bond acceptors (Lipinski definition) is 2. The van der Waals surface area contributed by atoms with Crippen LogP contribution in [0.25, 0.3) is 10.9 Å². The zero-order valence-corrected chi connectivity index (χ0v) is 10.3. The Labute approximate surface area is 99.9 Å². The third kappa shape index (κ3) is 2.16. The Kier molecular flexibility index (Phi) is 2.65. The molecule has 1 N–H and O–H groups in total. The topological polar surface area (TPSA) is 55.1 Å². The van der Waals surface area contributed by atoms with Gasteiger partial charge >= 0.3 is 5.97 Å². The number of aromatic nitrogens is 2. The van der Waals surface area contributed by atoms with E-state index < -0.39 is 5.97 Å². The van der Waals surface area contributed by atoms with Crippen molar-refractivity contribution < 1.29 is 9.90 Å². The largest absolute Gasteiger partial charge is 0.481 e. The SMILES string of the molecule is Cn1ncc2ccc(C(C)(C)CC(=O)O)cc21. The number of aliphatic carboxylic acids is 1. The maximum absolute atomic E-state index is 10.9. The molecule has 17 heavy (non-hydrogen) atoms. The fraction of sp³-hybridized carbons (Fsp3) is 0.385. The van der Waals surface area contributed by atoms with Gasteiger partial charge in [-0.25, -0.2) is 0 Å². The lowest BCUT2D eigenvalue weighted by Gasteiger charge is -2.23. The molecule has 1 aromatic carbocycles. The second-order valence-electron chi connectivity index (χ2n) is 5.00. The van der Waals surface area contributed by atoms with Crippen molar-refractivity contribution in [1.82, 2.24) is 9.78 Å². The summed E-state index contributed by atoms with van der Waals surface area (Å²) in [5.41, 5.74) is 1.68. The maximum Gasteiger partial charge on any atom is 0.304 e. The van der Waals surface area contributed by atoms with Crippen molar-refractivity contribution in [2.45, 2.75) is 25.7 Å². The number of carbonyl (C=O) groups is 1. The van der Waals surface area contributed by atoms with E-state index in [1.165, 1.54) is 0 Å². The molecule has 1 aromatic heterocycles. The molecule has 90 valence electrons. The third-order valence-corrected chi connectivity index (χ3v) is 3.12. The molecule has 0 bridgehead atoms. The standard InChI is InChI=1S/C13H16N2O2/c1-13(2,7-12(16)17)10-5-4-9-8-14-15(3)11(9)6-10/h4-6,8H,7H2,1-3H3,(H,16,17). The first kappa shape index (κ1) is 11.6. The van der Waals surface area contributed by atoms with E-state index in [9.17, 15) is 4.79 Å². The Balaban J connectivity index is 2.48. The van der Waals surface area contributed by atoms with E-state index >= 15 is 0 Å². The van der Waals surface area contributed by atoms with Gasteiger partial charge in [-0.1, -0.05) is 26.0 Å². The minimum Gasteiger partial charge on any atom is -0.481 e. The van der Waals surface area contributed by atoms with E-state index in [1.807, 2.05) is 45.3 Å². The summed E-state index contributed by atoms with van der Waals surface area (Å²) in [5, 5.41) is 14.2. The number of rotatable bonds is 3. The molecule has 0 amide bonds. The molecule has 1 heterocycles. The van der Waals surface area contributed by atoms with Crippen LogP contribution >= 0.6 is 0 Å². The van der Waals surface area contributed by atoms with Gasteiger partial charge in [0.15, 0.2) is 0 Å². The molecule has 0 aliphatic heterocycles. The summed E-state index contributed by atoms with van der Waals surface area (Å²) in [6.45, 7) is 3.89. The maximum atomic E-state index is 10.9. The van der Waals surface area contributed by atoms with Gasteiger partial charge in [-0.3, -0.25) is 9.48 Å². The van der Waals surface area contributed by atoms with Gasteiger partial charge < -0.3 is 5.11 Å².